The maximum atomic E-state index is 11.8. The number of nitrogen functional groups attached to an aromatic ring is 2. The third kappa shape index (κ3) is 7.19. The molecule has 6 nitrogen and oxygen atoms in total. The van der Waals surface area contributed by atoms with Crippen LogP contribution >= 0.6 is 0 Å². The molecule has 0 heterocycles. The molecule has 4 rings (SSSR count). The Labute approximate surface area is 228 Å². The van der Waals surface area contributed by atoms with Crippen LogP contribution in [0.5, 0.6) is 5.75 Å². The molecule has 0 spiro atoms. The second-order valence-electron chi connectivity index (χ2n) is 10.1. The fourth-order valence-electron chi connectivity index (χ4n) is 3.73. The molecule has 0 aliphatic rings. The minimum absolute atomic E-state index is 0.0352. The van der Waals surface area contributed by atoms with Crippen molar-refractivity contribution in [2.75, 3.05) is 11.5 Å². The first-order valence-electron chi connectivity index (χ1n) is 12.4. The summed E-state index contributed by atoms with van der Waals surface area (Å²) in [4.78, 5) is 11.3. The van der Waals surface area contributed by atoms with Gasteiger partial charge in [-0.2, -0.15) is 0 Å². The van der Waals surface area contributed by atoms with Gasteiger partial charge in [-0.25, -0.2) is 0 Å². The molecule has 0 amide bonds. The van der Waals surface area contributed by atoms with Crippen LogP contribution in [0.15, 0.2) is 84.9 Å². The van der Waals surface area contributed by atoms with Crippen LogP contribution in [0.3, 0.4) is 0 Å². The van der Waals surface area contributed by atoms with E-state index >= 15 is 0 Å². The number of nitrogens with two attached hydrogens (primary N) is 2. The number of nitro groups is 1. The lowest BCUT2D eigenvalue weighted by Crippen LogP contribution is -2.11. The smallest absolute Gasteiger partial charge is 0.272 e. The minimum Gasteiger partial charge on any atom is -0.486 e. The van der Waals surface area contributed by atoms with Crippen LogP contribution < -0.4 is 16.2 Å². The predicted molar refractivity (Wildman–Crippen MR) is 156 cm³/mol. The van der Waals surface area contributed by atoms with E-state index in [0.29, 0.717) is 39.4 Å². The second-order valence-corrected chi connectivity index (χ2v) is 10.1. The number of anilines is 2. The molecule has 0 bridgehead atoms. The lowest BCUT2D eigenvalue weighted by atomic mass is 9.87. The van der Waals surface area contributed by atoms with Crippen molar-refractivity contribution in [1.29, 1.82) is 0 Å². The van der Waals surface area contributed by atoms with Crippen LogP contribution in [0, 0.1) is 33.8 Å². The van der Waals surface area contributed by atoms with Gasteiger partial charge in [0.15, 0.2) is 5.75 Å². The number of benzene rings is 4. The van der Waals surface area contributed by atoms with Gasteiger partial charge in [-0.05, 0) is 65.1 Å². The number of non-ortho nitro benzene ring substituents is 1. The van der Waals surface area contributed by atoms with Gasteiger partial charge in [-0.1, -0.05) is 68.7 Å². The summed E-state index contributed by atoms with van der Waals surface area (Å²) in [6, 6.07) is 25.2. The van der Waals surface area contributed by atoms with E-state index in [9.17, 15) is 10.1 Å². The summed E-state index contributed by atoms with van der Waals surface area (Å²) >= 11 is 0. The van der Waals surface area contributed by atoms with E-state index in [4.69, 9.17) is 16.2 Å². The molecule has 0 fully saturated rings. The molecule has 0 atom stereocenters. The van der Waals surface area contributed by atoms with Crippen LogP contribution in [0.25, 0.3) is 0 Å². The van der Waals surface area contributed by atoms with Gasteiger partial charge in [0.25, 0.3) is 5.69 Å². The van der Waals surface area contributed by atoms with Gasteiger partial charge in [-0.15, -0.1) is 0 Å². The quantitative estimate of drug-likeness (QED) is 0.141. The monoisotopic (exact) mass is 515 g/mol. The first kappa shape index (κ1) is 26.9. The third-order valence-corrected chi connectivity index (χ3v) is 5.99. The Kier molecular flexibility index (Phi) is 7.89. The Bertz CT molecular complexity index is 1530. The van der Waals surface area contributed by atoms with Gasteiger partial charge in [0, 0.05) is 34.6 Å². The molecule has 4 aromatic carbocycles. The highest BCUT2D eigenvalue weighted by Gasteiger charge is 2.17. The third-order valence-electron chi connectivity index (χ3n) is 5.99. The number of hydrogen-bond acceptors (Lipinski definition) is 5. The topological polar surface area (TPSA) is 104 Å². The van der Waals surface area contributed by atoms with Crippen molar-refractivity contribution < 1.29 is 9.66 Å². The summed E-state index contributed by atoms with van der Waals surface area (Å²) in [6.45, 7) is 6.73. The van der Waals surface area contributed by atoms with Crippen molar-refractivity contribution in [3.8, 4) is 29.4 Å². The van der Waals surface area contributed by atoms with E-state index in [-0.39, 0.29) is 17.7 Å². The molecular weight excluding hydrogens is 486 g/mol. The highest BCUT2D eigenvalue weighted by Crippen LogP contribution is 2.30. The fraction of sp³-hybridized carbons (Fsp3) is 0.152. The van der Waals surface area contributed by atoms with Crippen molar-refractivity contribution in [2.24, 2.45) is 0 Å². The number of rotatable bonds is 4. The Morgan fingerprint density at radius 2 is 1.21 bits per heavy atom. The highest BCUT2D eigenvalue weighted by atomic mass is 16.6. The number of ether oxygens (including phenoxy) is 1. The molecule has 6 heteroatoms. The molecular formula is C33H29N3O3. The van der Waals surface area contributed by atoms with Gasteiger partial charge in [0.1, 0.15) is 6.61 Å². The Morgan fingerprint density at radius 3 is 1.62 bits per heavy atom. The molecule has 0 radical (unpaired) electrons. The largest absolute Gasteiger partial charge is 0.486 e. The normalized spacial score (nSPS) is 10.5. The van der Waals surface area contributed by atoms with Crippen molar-refractivity contribution >= 4 is 17.1 Å². The Balaban J connectivity index is 1.77. The number of nitro benzene ring substituents is 1. The van der Waals surface area contributed by atoms with Crippen molar-refractivity contribution in [1.82, 2.24) is 0 Å². The molecule has 0 aliphatic carbocycles. The molecule has 4 N–H and O–H groups in total. The number of nitrogens with zero attached hydrogens (tertiary/aromatic N) is 1. The summed E-state index contributed by atoms with van der Waals surface area (Å²) in [5.74, 6) is 12.6. The van der Waals surface area contributed by atoms with E-state index in [1.807, 2.05) is 12.1 Å². The van der Waals surface area contributed by atoms with Crippen LogP contribution in [0.4, 0.5) is 17.1 Å². The minimum atomic E-state index is -0.461. The molecule has 0 aliphatic heterocycles. The van der Waals surface area contributed by atoms with Gasteiger partial charge in [0.05, 0.1) is 16.1 Å². The van der Waals surface area contributed by atoms with Crippen molar-refractivity contribution in [2.45, 2.75) is 32.8 Å². The highest BCUT2D eigenvalue weighted by molar-refractivity contribution is 5.64. The van der Waals surface area contributed by atoms with Crippen LogP contribution in [0.1, 0.15) is 54.2 Å². The van der Waals surface area contributed by atoms with Crippen molar-refractivity contribution in [3.63, 3.8) is 0 Å². The second kappa shape index (κ2) is 11.5. The zero-order valence-corrected chi connectivity index (χ0v) is 22.1. The Morgan fingerprint density at radius 1 is 0.744 bits per heavy atom. The zero-order valence-electron chi connectivity index (χ0n) is 22.1. The van der Waals surface area contributed by atoms with Crippen LogP contribution in [0.2, 0.25) is 0 Å². The lowest BCUT2D eigenvalue weighted by molar-refractivity contribution is -0.384. The zero-order chi connectivity index (χ0) is 28.0. The van der Waals surface area contributed by atoms with Crippen LogP contribution in [-0.4, -0.2) is 4.92 Å². The van der Waals surface area contributed by atoms with Crippen LogP contribution in [-0.2, 0) is 12.0 Å². The molecule has 0 saturated carbocycles. The summed E-state index contributed by atoms with van der Waals surface area (Å²) < 4.78 is 6.26. The lowest BCUT2D eigenvalue weighted by Gasteiger charge is -2.19. The van der Waals surface area contributed by atoms with Gasteiger partial charge in [0.2, 0.25) is 0 Å². The maximum Gasteiger partial charge on any atom is 0.272 e. The predicted octanol–water partition coefficient (Wildman–Crippen LogP) is 6.44. The first-order chi connectivity index (χ1) is 18.6. The average molecular weight is 516 g/mol. The standard InChI is InChI=1S/C33H29N3O3/c1-33(2,3)28-14-6-25(7-15-28)22-39-32-26(12-4-23-8-16-29(34)17-9-23)20-31(36(37)38)21-27(32)13-5-24-10-18-30(35)19-11-24/h6-11,14-21H,22,34-35H2,1-3H3. The van der Waals surface area contributed by atoms with Crippen molar-refractivity contribution in [3.05, 3.63) is 128 Å². The van der Waals surface area contributed by atoms with Gasteiger partial charge < -0.3 is 16.2 Å². The number of hydrogen-bond donors (Lipinski definition) is 2. The maximum absolute atomic E-state index is 11.8. The van der Waals surface area contributed by atoms with Gasteiger partial charge in [-0.3, -0.25) is 10.1 Å². The van der Waals surface area contributed by atoms with E-state index in [2.05, 4.69) is 56.6 Å². The summed E-state index contributed by atoms with van der Waals surface area (Å²) in [5.41, 5.74) is 17.1. The molecule has 4 aromatic rings. The van der Waals surface area contributed by atoms with E-state index in [0.717, 1.165) is 5.56 Å². The fourth-order valence-corrected chi connectivity index (χ4v) is 3.73. The first-order valence-corrected chi connectivity index (χ1v) is 12.4. The molecule has 0 unspecified atom stereocenters. The molecule has 0 aromatic heterocycles. The summed E-state index contributed by atoms with van der Waals surface area (Å²) in [7, 11) is 0. The van der Waals surface area contributed by atoms with Gasteiger partial charge >= 0.3 is 0 Å². The SMILES string of the molecule is CC(C)(C)c1ccc(COc2c(C#Cc3ccc(N)cc3)cc([N+](=O)[O-])cc2C#Cc2ccc(N)cc2)cc1. The molecule has 0 saturated heterocycles. The summed E-state index contributed by atoms with van der Waals surface area (Å²) in [5, 5.41) is 11.8. The van der Waals surface area contributed by atoms with E-state index in [1.165, 1.54) is 17.7 Å². The van der Waals surface area contributed by atoms with E-state index < -0.39 is 4.92 Å². The summed E-state index contributed by atoms with van der Waals surface area (Å²) in [6.07, 6.45) is 0. The average Bonchev–Trinajstić information content (AvgIpc) is 2.91. The van der Waals surface area contributed by atoms with E-state index in [1.54, 1.807) is 48.5 Å². The molecule has 39 heavy (non-hydrogen) atoms. The molecule has 194 valence electrons. The Hall–Kier alpha value is -5.20.